The van der Waals surface area contributed by atoms with E-state index in [9.17, 15) is 14.7 Å². The zero-order valence-corrected chi connectivity index (χ0v) is 8.79. The fraction of sp³-hybridized carbons (Fsp3) is 0.250. The third kappa shape index (κ3) is 2.86. The molecule has 0 saturated carbocycles. The molecule has 0 fully saturated rings. The smallest absolute Gasteiger partial charge is 0.324 e. The average molecular weight is 231 g/mol. The largest absolute Gasteiger partial charge is 0.332 e. The van der Waals surface area contributed by atoms with Gasteiger partial charge in [0.25, 0.3) is 5.69 Å². The molecule has 0 saturated heterocycles. The first kappa shape index (κ1) is 11.8. The molecule has 15 heavy (non-hydrogen) atoms. The van der Waals surface area contributed by atoms with E-state index in [-0.39, 0.29) is 5.69 Å². The maximum absolute atomic E-state index is 10.9. The van der Waals surface area contributed by atoms with E-state index in [0.717, 1.165) is 0 Å². The summed E-state index contributed by atoms with van der Waals surface area (Å²) in [7, 11) is -4.19. The van der Waals surface area contributed by atoms with Crippen molar-refractivity contribution in [1.82, 2.24) is 0 Å². The SMILES string of the molecule is CC(c1ccc([N+](=O)[O-])cc1)P(=O)(O)O. The van der Waals surface area contributed by atoms with Crippen molar-refractivity contribution in [2.24, 2.45) is 0 Å². The van der Waals surface area contributed by atoms with Crippen LogP contribution in [0.3, 0.4) is 0 Å². The van der Waals surface area contributed by atoms with E-state index in [2.05, 4.69) is 0 Å². The minimum absolute atomic E-state index is 0.100. The van der Waals surface area contributed by atoms with Gasteiger partial charge in [-0.3, -0.25) is 14.7 Å². The first-order valence-electron chi connectivity index (χ1n) is 4.12. The van der Waals surface area contributed by atoms with Crippen molar-refractivity contribution in [2.45, 2.75) is 12.6 Å². The van der Waals surface area contributed by atoms with Gasteiger partial charge in [0.15, 0.2) is 0 Å². The standard InChI is InChI=1S/C8H10NO5P/c1-6(15(12,13)14)7-2-4-8(5-3-7)9(10)11/h2-6H,1H3,(H2,12,13,14). The Labute approximate surface area is 85.9 Å². The van der Waals surface area contributed by atoms with Crippen molar-refractivity contribution < 1.29 is 19.3 Å². The van der Waals surface area contributed by atoms with Crippen LogP contribution in [-0.4, -0.2) is 14.7 Å². The first-order valence-corrected chi connectivity index (χ1v) is 5.80. The Morgan fingerprint density at radius 2 is 1.80 bits per heavy atom. The summed E-state index contributed by atoms with van der Waals surface area (Å²) in [4.78, 5) is 27.6. The molecule has 0 amide bonds. The topological polar surface area (TPSA) is 101 Å². The predicted octanol–water partition coefficient (Wildman–Crippen LogP) is 1.83. The molecule has 7 heteroatoms. The zero-order chi connectivity index (χ0) is 11.6. The number of rotatable bonds is 3. The normalized spacial score (nSPS) is 13.5. The van der Waals surface area contributed by atoms with Crippen molar-refractivity contribution in [3.63, 3.8) is 0 Å². The van der Waals surface area contributed by atoms with Crippen LogP contribution in [0.25, 0.3) is 0 Å². The minimum atomic E-state index is -4.19. The van der Waals surface area contributed by atoms with Crippen LogP contribution in [0.4, 0.5) is 5.69 Å². The van der Waals surface area contributed by atoms with Crippen molar-refractivity contribution in [3.05, 3.63) is 39.9 Å². The molecule has 1 unspecified atom stereocenters. The number of non-ortho nitro benzene ring substituents is 1. The van der Waals surface area contributed by atoms with Gasteiger partial charge in [0.05, 0.1) is 10.6 Å². The third-order valence-corrected chi connectivity index (χ3v) is 3.40. The first-order chi connectivity index (χ1) is 6.82. The van der Waals surface area contributed by atoms with Crippen molar-refractivity contribution >= 4 is 13.3 Å². The molecule has 0 heterocycles. The molecule has 0 aliphatic carbocycles. The second kappa shape index (κ2) is 4.10. The van der Waals surface area contributed by atoms with Crippen molar-refractivity contribution in [2.75, 3.05) is 0 Å². The van der Waals surface area contributed by atoms with E-state index < -0.39 is 18.2 Å². The van der Waals surface area contributed by atoms with Gasteiger partial charge >= 0.3 is 7.60 Å². The summed E-state index contributed by atoms with van der Waals surface area (Å²) in [5.74, 6) is 0. The minimum Gasteiger partial charge on any atom is -0.324 e. The summed E-state index contributed by atoms with van der Waals surface area (Å²) < 4.78 is 10.9. The van der Waals surface area contributed by atoms with Gasteiger partial charge in [0.1, 0.15) is 0 Å². The Bertz CT molecular complexity index is 410. The Balaban J connectivity index is 2.99. The maximum atomic E-state index is 10.9. The molecular formula is C8H10NO5P. The quantitative estimate of drug-likeness (QED) is 0.469. The van der Waals surface area contributed by atoms with Gasteiger partial charge in [0, 0.05) is 12.1 Å². The average Bonchev–Trinajstić information content (AvgIpc) is 2.15. The van der Waals surface area contributed by atoms with Crippen LogP contribution in [0.5, 0.6) is 0 Å². The van der Waals surface area contributed by atoms with Crippen molar-refractivity contribution in [1.29, 1.82) is 0 Å². The molecular weight excluding hydrogens is 221 g/mol. The highest BCUT2D eigenvalue weighted by Gasteiger charge is 2.25. The molecule has 0 radical (unpaired) electrons. The summed E-state index contributed by atoms with van der Waals surface area (Å²) in [6.45, 7) is 1.38. The summed E-state index contributed by atoms with van der Waals surface area (Å²) >= 11 is 0. The molecule has 1 rings (SSSR count). The summed E-state index contributed by atoms with van der Waals surface area (Å²) in [6, 6.07) is 5.15. The molecule has 6 nitrogen and oxygen atoms in total. The fourth-order valence-electron chi connectivity index (χ4n) is 1.07. The molecule has 0 bridgehead atoms. The third-order valence-electron chi connectivity index (χ3n) is 2.09. The highest BCUT2D eigenvalue weighted by atomic mass is 31.2. The Hall–Kier alpha value is -1.23. The molecule has 1 atom stereocenters. The molecule has 0 aliphatic rings. The molecule has 82 valence electrons. The summed E-state index contributed by atoms with van der Waals surface area (Å²) in [5.41, 5.74) is -0.663. The number of nitro groups is 1. The van der Waals surface area contributed by atoms with Crippen LogP contribution in [0.2, 0.25) is 0 Å². The van der Waals surface area contributed by atoms with E-state index in [0.29, 0.717) is 5.56 Å². The fourth-order valence-corrected chi connectivity index (χ4v) is 1.63. The van der Waals surface area contributed by atoms with Crippen LogP contribution in [0.1, 0.15) is 18.1 Å². The van der Waals surface area contributed by atoms with Gasteiger partial charge in [-0.25, -0.2) is 0 Å². The zero-order valence-electron chi connectivity index (χ0n) is 7.90. The van der Waals surface area contributed by atoms with Crippen LogP contribution >= 0.6 is 7.60 Å². The Morgan fingerprint density at radius 1 is 1.33 bits per heavy atom. The second-order valence-electron chi connectivity index (χ2n) is 3.11. The van der Waals surface area contributed by atoms with Gasteiger partial charge in [-0.15, -0.1) is 0 Å². The number of hydrogen-bond acceptors (Lipinski definition) is 3. The van der Waals surface area contributed by atoms with E-state index in [4.69, 9.17) is 9.79 Å². The maximum Gasteiger partial charge on any atom is 0.332 e. The van der Waals surface area contributed by atoms with Gasteiger partial charge in [-0.2, -0.15) is 0 Å². The van der Waals surface area contributed by atoms with Crippen LogP contribution in [0, 0.1) is 10.1 Å². The van der Waals surface area contributed by atoms with Crippen molar-refractivity contribution in [3.8, 4) is 0 Å². The van der Waals surface area contributed by atoms with E-state index in [1.807, 2.05) is 0 Å². The lowest BCUT2D eigenvalue weighted by atomic mass is 10.1. The number of hydrogen-bond donors (Lipinski definition) is 2. The van der Waals surface area contributed by atoms with Gasteiger partial charge in [-0.05, 0) is 12.5 Å². The highest BCUT2D eigenvalue weighted by Crippen LogP contribution is 2.51. The monoisotopic (exact) mass is 231 g/mol. The van der Waals surface area contributed by atoms with Crippen LogP contribution in [0.15, 0.2) is 24.3 Å². The van der Waals surface area contributed by atoms with E-state index in [1.165, 1.54) is 31.2 Å². The highest BCUT2D eigenvalue weighted by molar-refractivity contribution is 7.52. The van der Waals surface area contributed by atoms with Crippen LogP contribution in [-0.2, 0) is 4.57 Å². The lowest BCUT2D eigenvalue weighted by molar-refractivity contribution is -0.384. The van der Waals surface area contributed by atoms with Gasteiger partial charge in [0.2, 0.25) is 0 Å². The van der Waals surface area contributed by atoms with E-state index in [1.54, 1.807) is 0 Å². The number of nitro benzene ring substituents is 1. The Morgan fingerprint density at radius 3 is 2.13 bits per heavy atom. The Kier molecular flexibility index (Phi) is 3.24. The number of nitrogens with zero attached hydrogens (tertiary/aromatic N) is 1. The lowest BCUT2D eigenvalue weighted by Gasteiger charge is -2.12. The molecule has 0 spiro atoms. The molecule has 1 aromatic rings. The lowest BCUT2D eigenvalue weighted by Crippen LogP contribution is -1.95. The number of benzene rings is 1. The van der Waals surface area contributed by atoms with Gasteiger partial charge < -0.3 is 9.79 Å². The van der Waals surface area contributed by atoms with Gasteiger partial charge in [-0.1, -0.05) is 12.1 Å². The summed E-state index contributed by atoms with van der Waals surface area (Å²) in [5, 5.41) is 10.3. The molecule has 2 N–H and O–H groups in total. The molecule has 1 aromatic carbocycles. The van der Waals surface area contributed by atoms with Crippen LogP contribution < -0.4 is 0 Å². The summed E-state index contributed by atoms with van der Waals surface area (Å²) in [6.07, 6.45) is 0. The molecule has 0 aliphatic heterocycles. The van der Waals surface area contributed by atoms with E-state index >= 15 is 0 Å². The molecule has 0 aromatic heterocycles. The second-order valence-corrected chi connectivity index (χ2v) is 5.07. The predicted molar refractivity (Wildman–Crippen MR) is 53.6 cm³/mol.